The predicted molar refractivity (Wildman–Crippen MR) is 144 cm³/mol. The first-order chi connectivity index (χ1) is 15.1. The minimum atomic E-state index is -2.08. The largest absolute Gasteiger partial charge is 0.398 e. The predicted octanol–water partition coefficient (Wildman–Crippen LogP) is 7.65. The lowest BCUT2D eigenvalue weighted by Gasteiger charge is -2.27. The van der Waals surface area contributed by atoms with Gasteiger partial charge < -0.3 is 8.85 Å². The molecule has 0 amide bonds. The Labute approximate surface area is 198 Å². The van der Waals surface area contributed by atoms with Crippen molar-refractivity contribution in [3.8, 4) is 0 Å². The third-order valence-electron chi connectivity index (χ3n) is 5.41. The highest BCUT2D eigenvalue weighted by Crippen LogP contribution is 2.25. The summed E-state index contributed by atoms with van der Waals surface area (Å²) in [6.07, 6.45) is 6.06. The Balaban J connectivity index is 1.64. The molecule has 0 heterocycles. The lowest BCUT2D eigenvalue weighted by atomic mass is 10.1. The minimum Gasteiger partial charge on any atom is -0.398 e. The van der Waals surface area contributed by atoms with Gasteiger partial charge in [-0.15, -0.1) is 0 Å². The third kappa shape index (κ3) is 9.42. The molecule has 2 aromatic rings. The molecule has 0 aromatic heterocycles. The van der Waals surface area contributed by atoms with Crippen molar-refractivity contribution >= 4 is 44.2 Å². The van der Waals surface area contributed by atoms with Gasteiger partial charge in [0.05, 0.1) is 0 Å². The fraction of sp³-hybridized carbons (Fsp3) is 0.385. The quantitative estimate of drug-likeness (QED) is 0.184. The van der Waals surface area contributed by atoms with Crippen LogP contribution in [0.1, 0.15) is 35.1 Å². The van der Waals surface area contributed by atoms with E-state index in [0.717, 1.165) is 47.9 Å². The van der Waals surface area contributed by atoms with Gasteiger partial charge in [-0.3, -0.25) is 0 Å². The smallest absolute Gasteiger partial charge is 0.337 e. The van der Waals surface area contributed by atoms with Crippen LogP contribution in [0.2, 0.25) is 12.1 Å². The van der Waals surface area contributed by atoms with Crippen molar-refractivity contribution in [2.45, 2.75) is 36.4 Å². The van der Waals surface area contributed by atoms with Gasteiger partial charge in [0.1, 0.15) is 0 Å². The third-order valence-corrected chi connectivity index (χ3v) is 11.4. The van der Waals surface area contributed by atoms with Gasteiger partial charge in [-0.1, -0.05) is 73.8 Å². The highest BCUT2D eigenvalue weighted by molar-refractivity contribution is 7.98. The molecule has 0 spiro atoms. The SMILES string of the molecule is C=Cc1ccc(CSCCC[Si](CCCSCc2ccc(C=C)cc2)(OC)OC)cc1. The molecule has 0 fully saturated rings. The van der Waals surface area contributed by atoms with Crippen LogP contribution in [-0.2, 0) is 20.4 Å². The fourth-order valence-corrected chi connectivity index (χ4v) is 8.40. The Morgan fingerprint density at radius 1 is 0.710 bits per heavy atom. The molecular weight excluding hydrogens is 437 g/mol. The molecule has 0 N–H and O–H groups in total. The van der Waals surface area contributed by atoms with E-state index in [9.17, 15) is 0 Å². The van der Waals surface area contributed by atoms with Gasteiger partial charge in [0.25, 0.3) is 0 Å². The topological polar surface area (TPSA) is 18.5 Å². The van der Waals surface area contributed by atoms with E-state index in [2.05, 4.69) is 61.7 Å². The maximum atomic E-state index is 5.95. The molecule has 0 saturated heterocycles. The van der Waals surface area contributed by atoms with E-state index >= 15 is 0 Å². The van der Waals surface area contributed by atoms with Crippen molar-refractivity contribution < 1.29 is 8.85 Å². The second kappa shape index (κ2) is 14.7. The molecule has 2 nitrogen and oxygen atoms in total. The van der Waals surface area contributed by atoms with Crippen molar-refractivity contribution in [1.29, 1.82) is 0 Å². The zero-order valence-corrected chi connectivity index (χ0v) is 21.6. The molecule has 0 atom stereocenters. The average Bonchev–Trinajstić information content (AvgIpc) is 2.83. The van der Waals surface area contributed by atoms with E-state index in [1.54, 1.807) is 0 Å². The summed E-state index contributed by atoms with van der Waals surface area (Å²) in [5.41, 5.74) is 5.09. The summed E-state index contributed by atoms with van der Waals surface area (Å²) in [6, 6.07) is 19.4. The minimum absolute atomic E-state index is 1.05. The van der Waals surface area contributed by atoms with Crippen LogP contribution in [0.4, 0.5) is 0 Å². The highest BCUT2D eigenvalue weighted by Gasteiger charge is 2.34. The molecule has 0 bridgehead atoms. The number of hydrogen-bond donors (Lipinski definition) is 0. The summed E-state index contributed by atoms with van der Waals surface area (Å²) in [4.78, 5) is 0. The Morgan fingerprint density at radius 2 is 1.10 bits per heavy atom. The first kappa shape index (κ1) is 26.0. The van der Waals surface area contributed by atoms with E-state index in [4.69, 9.17) is 8.85 Å². The Hall–Kier alpha value is -1.24. The molecule has 0 aliphatic rings. The molecule has 2 rings (SSSR count). The van der Waals surface area contributed by atoms with Crippen LogP contribution in [-0.4, -0.2) is 34.3 Å². The van der Waals surface area contributed by atoms with Crippen molar-refractivity contribution in [3.05, 3.63) is 83.9 Å². The average molecular weight is 473 g/mol. The fourth-order valence-electron chi connectivity index (χ4n) is 3.38. The summed E-state index contributed by atoms with van der Waals surface area (Å²) in [6.45, 7) is 7.62. The van der Waals surface area contributed by atoms with E-state index in [1.165, 1.54) is 22.3 Å². The molecule has 0 aliphatic heterocycles. The first-order valence-electron chi connectivity index (χ1n) is 10.8. The summed E-state index contributed by atoms with van der Waals surface area (Å²) in [5, 5.41) is 0. The maximum absolute atomic E-state index is 5.95. The zero-order valence-electron chi connectivity index (χ0n) is 19.0. The van der Waals surface area contributed by atoms with Crippen molar-refractivity contribution in [2.75, 3.05) is 25.7 Å². The molecule has 0 aliphatic carbocycles. The summed E-state index contributed by atoms with van der Waals surface area (Å²) >= 11 is 3.98. The summed E-state index contributed by atoms with van der Waals surface area (Å²) < 4.78 is 11.9. The van der Waals surface area contributed by atoms with Crippen molar-refractivity contribution in [2.24, 2.45) is 0 Å². The van der Waals surface area contributed by atoms with Gasteiger partial charge in [-0.05, 0) is 58.7 Å². The van der Waals surface area contributed by atoms with Gasteiger partial charge in [-0.25, -0.2) is 0 Å². The Morgan fingerprint density at radius 3 is 1.42 bits per heavy atom. The molecular formula is C26H36O2S2Si. The van der Waals surface area contributed by atoms with Crippen molar-refractivity contribution in [3.63, 3.8) is 0 Å². The molecule has 2 aromatic carbocycles. The molecule has 31 heavy (non-hydrogen) atoms. The van der Waals surface area contributed by atoms with E-state index in [0.29, 0.717) is 0 Å². The van der Waals surface area contributed by atoms with Crippen LogP contribution in [0.3, 0.4) is 0 Å². The summed E-state index contributed by atoms with van der Waals surface area (Å²) in [5.74, 6) is 4.38. The number of thioether (sulfide) groups is 2. The highest BCUT2D eigenvalue weighted by atomic mass is 32.2. The van der Waals surface area contributed by atoms with Gasteiger partial charge in [0.15, 0.2) is 0 Å². The monoisotopic (exact) mass is 472 g/mol. The second-order valence-corrected chi connectivity index (χ2v) is 13.4. The number of rotatable bonds is 16. The Kier molecular flexibility index (Phi) is 12.4. The van der Waals surface area contributed by atoms with Crippen LogP contribution in [0.25, 0.3) is 12.2 Å². The molecule has 0 radical (unpaired) electrons. The maximum Gasteiger partial charge on any atom is 0.337 e. The number of hydrogen-bond acceptors (Lipinski definition) is 4. The van der Waals surface area contributed by atoms with Crippen LogP contribution in [0.5, 0.6) is 0 Å². The van der Waals surface area contributed by atoms with Crippen LogP contribution in [0.15, 0.2) is 61.7 Å². The second-order valence-electron chi connectivity index (χ2n) is 7.52. The van der Waals surface area contributed by atoms with Gasteiger partial charge in [0, 0.05) is 25.7 Å². The van der Waals surface area contributed by atoms with E-state index in [1.807, 2.05) is 49.9 Å². The van der Waals surface area contributed by atoms with E-state index < -0.39 is 8.56 Å². The van der Waals surface area contributed by atoms with E-state index in [-0.39, 0.29) is 0 Å². The van der Waals surface area contributed by atoms with Gasteiger partial charge in [-0.2, -0.15) is 23.5 Å². The van der Waals surface area contributed by atoms with Gasteiger partial charge >= 0.3 is 8.56 Å². The molecule has 0 saturated carbocycles. The lowest BCUT2D eigenvalue weighted by molar-refractivity contribution is 0.240. The molecule has 168 valence electrons. The van der Waals surface area contributed by atoms with Crippen LogP contribution in [0, 0.1) is 0 Å². The number of benzene rings is 2. The van der Waals surface area contributed by atoms with Crippen LogP contribution >= 0.6 is 23.5 Å². The molecule has 0 unspecified atom stereocenters. The zero-order chi connectivity index (χ0) is 22.4. The Bertz CT molecular complexity index is 707. The standard InChI is InChI=1S/C26H36O2S2Si/c1-5-23-9-13-25(14-10-23)21-29-17-7-19-31(27-3,28-4)20-8-18-30-22-26-15-11-24(6-2)12-16-26/h5-6,9-16H,1-2,7-8,17-22H2,3-4H3. The lowest BCUT2D eigenvalue weighted by Crippen LogP contribution is -2.40. The molecule has 5 heteroatoms. The summed E-state index contributed by atoms with van der Waals surface area (Å²) in [7, 11) is 1.59. The van der Waals surface area contributed by atoms with Crippen molar-refractivity contribution in [1.82, 2.24) is 0 Å². The first-order valence-corrected chi connectivity index (χ1v) is 15.4. The normalized spacial score (nSPS) is 11.4. The van der Waals surface area contributed by atoms with Gasteiger partial charge in [0.2, 0.25) is 0 Å². The van der Waals surface area contributed by atoms with Crippen LogP contribution < -0.4 is 0 Å².